The van der Waals surface area contributed by atoms with E-state index in [2.05, 4.69) is 37.3 Å². The SMILES string of the molecule is CCC1CCCC(C2(O)CCC(c3ccccc3)CC2)C1. The fraction of sp³-hybridized carbons (Fsp3) is 0.700. The molecule has 2 aliphatic rings. The highest BCUT2D eigenvalue weighted by molar-refractivity contribution is 5.20. The van der Waals surface area contributed by atoms with Crippen LogP contribution in [0.3, 0.4) is 0 Å². The zero-order valence-corrected chi connectivity index (χ0v) is 13.4. The van der Waals surface area contributed by atoms with Crippen molar-refractivity contribution < 1.29 is 5.11 Å². The Balaban J connectivity index is 1.61. The molecule has 0 aromatic heterocycles. The van der Waals surface area contributed by atoms with Crippen molar-refractivity contribution in [2.75, 3.05) is 0 Å². The molecule has 3 rings (SSSR count). The van der Waals surface area contributed by atoms with Crippen LogP contribution in [0.15, 0.2) is 30.3 Å². The Bertz CT molecular complexity index is 430. The molecule has 0 heterocycles. The monoisotopic (exact) mass is 286 g/mol. The van der Waals surface area contributed by atoms with Gasteiger partial charge in [-0.1, -0.05) is 56.5 Å². The summed E-state index contributed by atoms with van der Waals surface area (Å²) in [5.41, 5.74) is 1.11. The van der Waals surface area contributed by atoms with E-state index >= 15 is 0 Å². The van der Waals surface area contributed by atoms with Crippen LogP contribution in [0.25, 0.3) is 0 Å². The summed E-state index contributed by atoms with van der Waals surface area (Å²) in [5.74, 6) is 2.09. The van der Waals surface area contributed by atoms with E-state index in [0.717, 1.165) is 31.6 Å². The van der Waals surface area contributed by atoms with Gasteiger partial charge in [0.1, 0.15) is 0 Å². The molecule has 0 aliphatic heterocycles. The Kier molecular flexibility index (Phi) is 4.69. The quantitative estimate of drug-likeness (QED) is 0.800. The van der Waals surface area contributed by atoms with Gasteiger partial charge in [0, 0.05) is 0 Å². The standard InChI is InChI=1S/C20H30O/c1-2-16-7-6-10-19(15-16)20(21)13-11-18(12-14-20)17-8-4-3-5-9-17/h3-5,8-9,16,18-19,21H,2,6-7,10-15H2,1H3. The van der Waals surface area contributed by atoms with Gasteiger partial charge in [0.15, 0.2) is 0 Å². The Morgan fingerprint density at radius 1 is 1.05 bits per heavy atom. The van der Waals surface area contributed by atoms with E-state index < -0.39 is 0 Å². The van der Waals surface area contributed by atoms with Crippen LogP contribution in [-0.2, 0) is 0 Å². The van der Waals surface area contributed by atoms with Crippen LogP contribution in [0.4, 0.5) is 0 Å². The molecule has 0 bridgehead atoms. The van der Waals surface area contributed by atoms with Gasteiger partial charge in [-0.15, -0.1) is 0 Å². The lowest BCUT2D eigenvalue weighted by atomic mass is 9.65. The smallest absolute Gasteiger partial charge is 0.0676 e. The van der Waals surface area contributed by atoms with E-state index in [4.69, 9.17) is 0 Å². The normalized spacial score (nSPS) is 37.3. The molecular formula is C20H30O. The third-order valence-corrected chi connectivity index (χ3v) is 6.24. The van der Waals surface area contributed by atoms with E-state index in [9.17, 15) is 5.11 Å². The summed E-state index contributed by atoms with van der Waals surface area (Å²) in [6, 6.07) is 10.9. The molecule has 1 nitrogen and oxygen atoms in total. The van der Waals surface area contributed by atoms with Gasteiger partial charge >= 0.3 is 0 Å². The van der Waals surface area contributed by atoms with E-state index in [1.807, 2.05) is 0 Å². The molecule has 2 saturated carbocycles. The molecule has 2 unspecified atom stereocenters. The fourth-order valence-corrected chi connectivity index (χ4v) is 4.73. The molecule has 21 heavy (non-hydrogen) atoms. The van der Waals surface area contributed by atoms with E-state index in [1.54, 1.807) is 0 Å². The van der Waals surface area contributed by atoms with Crippen molar-refractivity contribution in [1.82, 2.24) is 0 Å². The first-order valence-corrected chi connectivity index (χ1v) is 8.98. The molecule has 116 valence electrons. The van der Waals surface area contributed by atoms with Gasteiger partial charge in [-0.05, 0) is 61.8 Å². The van der Waals surface area contributed by atoms with Crippen LogP contribution >= 0.6 is 0 Å². The zero-order valence-electron chi connectivity index (χ0n) is 13.4. The third kappa shape index (κ3) is 3.34. The van der Waals surface area contributed by atoms with Gasteiger partial charge in [0.2, 0.25) is 0 Å². The number of aliphatic hydroxyl groups is 1. The van der Waals surface area contributed by atoms with Crippen LogP contribution in [0.2, 0.25) is 0 Å². The van der Waals surface area contributed by atoms with Crippen LogP contribution in [-0.4, -0.2) is 10.7 Å². The first-order chi connectivity index (χ1) is 10.2. The number of benzene rings is 1. The van der Waals surface area contributed by atoms with Gasteiger partial charge in [-0.25, -0.2) is 0 Å². The lowest BCUT2D eigenvalue weighted by Crippen LogP contribution is -2.43. The van der Waals surface area contributed by atoms with Crippen LogP contribution in [0.1, 0.15) is 76.2 Å². The molecule has 1 heteroatoms. The number of hydrogen-bond acceptors (Lipinski definition) is 1. The van der Waals surface area contributed by atoms with Crippen molar-refractivity contribution >= 4 is 0 Å². The average molecular weight is 286 g/mol. The third-order valence-electron chi connectivity index (χ3n) is 6.24. The van der Waals surface area contributed by atoms with E-state index in [1.165, 1.54) is 37.7 Å². The van der Waals surface area contributed by atoms with Crippen LogP contribution in [0, 0.1) is 11.8 Å². The average Bonchev–Trinajstić information content (AvgIpc) is 2.56. The van der Waals surface area contributed by atoms with Crippen molar-refractivity contribution in [3.8, 4) is 0 Å². The summed E-state index contributed by atoms with van der Waals surface area (Å²) in [6.45, 7) is 2.31. The maximum Gasteiger partial charge on any atom is 0.0676 e. The molecule has 0 radical (unpaired) electrons. The Morgan fingerprint density at radius 3 is 2.43 bits per heavy atom. The molecule has 1 N–H and O–H groups in total. The molecule has 0 amide bonds. The summed E-state index contributed by atoms with van der Waals surface area (Å²) in [7, 11) is 0. The topological polar surface area (TPSA) is 20.2 Å². The van der Waals surface area contributed by atoms with Gasteiger partial charge < -0.3 is 5.11 Å². The Labute approximate surface area is 129 Å². The first-order valence-electron chi connectivity index (χ1n) is 8.98. The summed E-state index contributed by atoms with van der Waals surface area (Å²) in [6.07, 6.45) is 10.9. The van der Waals surface area contributed by atoms with Crippen molar-refractivity contribution in [1.29, 1.82) is 0 Å². The molecule has 0 saturated heterocycles. The predicted octanol–water partition coefficient (Wildman–Crippen LogP) is 5.29. The highest BCUT2D eigenvalue weighted by atomic mass is 16.3. The first kappa shape index (κ1) is 15.1. The van der Waals surface area contributed by atoms with Crippen LogP contribution in [0.5, 0.6) is 0 Å². The highest BCUT2D eigenvalue weighted by Gasteiger charge is 2.41. The van der Waals surface area contributed by atoms with E-state index in [-0.39, 0.29) is 5.60 Å². The van der Waals surface area contributed by atoms with Gasteiger partial charge in [0.05, 0.1) is 5.60 Å². The summed E-state index contributed by atoms with van der Waals surface area (Å²) in [5, 5.41) is 11.2. The minimum atomic E-state index is -0.362. The number of hydrogen-bond donors (Lipinski definition) is 1. The summed E-state index contributed by atoms with van der Waals surface area (Å²) in [4.78, 5) is 0. The minimum absolute atomic E-state index is 0.362. The molecule has 1 aromatic rings. The largest absolute Gasteiger partial charge is 0.390 e. The number of rotatable bonds is 3. The molecular weight excluding hydrogens is 256 g/mol. The highest BCUT2D eigenvalue weighted by Crippen LogP contribution is 2.47. The second kappa shape index (κ2) is 6.52. The van der Waals surface area contributed by atoms with Gasteiger partial charge in [-0.3, -0.25) is 0 Å². The van der Waals surface area contributed by atoms with Crippen molar-refractivity contribution in [3.63, 3.8) is 0 Å². The van der Waals surface area contributed by atoms with Gasteiger partial charge in [-0.2, -0.15) is 0 Å². The summed E-state index contributed by atoms with van der Waals surface area (Å²) < 4.78 is 0. The van der Waals surface area contributed by atoms with Crippen molar-refractivity contribution in [2.24, 2.45) is 11.8 Å². The van der Waals surface area contributed by atoms with Crippen LogP contribution < -0.4 is 0 Å². The summed E-state index contributed by atoms with van der Waals surface area (Å²) >= 11 is 0. The van der Waals surface area contributed by atoms with Gasteiger partial charge in [0.25, 0.3) is 0 Å². The van der Waals surface area contributed by atoms with Crippen molar-refractivity contribution in [2.45, 2.75) is 76.2 Å². The molecule has 0 spiro atoms. The molecule has 2 aliphatic carbocycles. The maximum atomic E-state index is 11.2. The van der Waals surface area contributed by atoms with Crippen molar-refractivity contribution in [3.05, 3.63) is 35.9 Å². The lowest BCUT2D eigenvalue weighted by molar-refractivity contribution is -0.0715. The molecule has 2 atom stereocenters. The fourth-order valence-electron chi connectivity index (χ4n) is 4.73. The zero-order chi connectivity index (χ0) is 14.7. The molecule has 2 fully saturated rings. The second-order valence-corrected chi connectivity index (χ2v) is 7.43. The van der Waals surface area contributed by atoms with E-state index in [0.29, 0.717) is 11.8 Å². The second-order valence-electron chi connectivity index (χ2n) is 7.43. The predicted molar refractivity (Wildman–Crippen MR) is 88.3 cm³/mol. The Hall–Kier alpha value is -0.820. The minimum Gasteiger partial charge on any atom is -0.390 e. The lowest BCUT2D eigenvalue weighted by Gasteiger charge is -2.45. The Morgan fingerprint density at radius 2 is 1.76 bits per heavy atom. The molecule has 1 aromatic carbocycles. The maximum absolute atomic E-state index is 11.2.